The number of alkyl carbamates (subject to hydrolysis) is 1. The average molecular weight is 267 g/mol. The third-order valence-electron chi connectivity index (χ3n) is 3.03. The van der Waals surface area contributed by atoms with Crippen LogP contribution in [0.2, 0.25) is 0 Å². The van der Waals surface area contributed by atoms with Crippen molar-refractivity contribution in [2.45, 2.75) is 71.4 Å². The highest BCUT2D eigenvalue weighted by Gasteiger charge is 2.24. The first-order valence-corrected chi connectivity index (χ1v) is 7.02. The van der Waals surface area contributed by atoms with Crippen LogP contribution in [-0.2, 0) is 9.53 Å². The van der Waals surface area contributed by atoms with Crippen molar-refractivity contribution < 1.29 is 14.3 Å². The number of allylic oxidation sites excluding steroid dienone is 1. The summed E-state index contributed by atoms with van der Waals surface area (Å²) in [5, 5.41) is 2.70. The van der Waals surface area contributed by atoms with E-state index in [1.54, 1.807) is 0 Å². The topological polar surface area (TPSA) is 55.4 Å². The number of rotatable bonds is 5. The Balaban J connectivity index is 2.59. The summed E-state index contributed by atoms with van der Waals surface area (Å²) < 4.78 is 5.21. The van der Waals surface area contributed by atoms with Gasteiger partial charge in [-0.25, -0.2) is 4.79 Å². The van der Waals surface area contributed by atoms with Crippen molar-refractivity contribution in [3.8, 4) is 0 Å². The summed E-state index contributed by atoms with van der Waals surface area (Å²) in [6.07, 6.45) is 5.96. The second kappa shape index (κ2) is 6.73. The highest BCUT2D eigenvalue weighted by Crippen LogP contribution is 2.22. The second-order valence-electron chi connectivity index (χ2n) is 5.98. The first kappa shape index (κ1) is 15.7. The van der Waals surface area contributed by atoms with Crippen molar-refractivity contribution in [3.63, 3.8) is 0 Å². The summed E-state index contributed by atoms with van der Waals surface area (Å²) in [5.41, 5.74) is 0.721. The van der Waals surface area contributed by atoms with E-state index in [0.717, 1.165) is 19.3 Å². The van der Waals surface area contributed by atoms with E-state index in [4.69, 9.17) is 4.74 Å². The lowest BCUT2D eigenvalue weighted by Crippen LogP contribution is -2.43. The summed E-state index contributed by atoms with van der Waals surface area (Å²) in [5.74, 6) is 0.0543. The lowest BCUT2D eigenvalue weighted by atomic mass is 10.0. The molecule has 0 spiro atoms. The highest BCUT2D eigenvalue weighted by molar-refractivity contribution is 5.87. The van der Waals surface area contributed by atoms with Crippen LogP contribution in [-0.4, -0.2) is 23.5 Å². The molecule has 0 bridgehead atoms. The summed E-state index contributed by atoms with van der Waals surface area (Å²) in [4.78, 5) is 23.7. The van der Waals surface area contributed by atoms with E-state index in [2.05, 4.69) is 11.4 Å². The summed E-state index contributed by atoms with van der Waals surface area (Å²) >= 11 is 0. The predicted molar refractivity (Wildman–Crippen MR) is 75.0 cm³/mol. The van der Waals surface area contributed by atoms with Crippen LogP contribution < -0.4 is 5.32 Å². The Labute approximate surface area is 115 Å². The van der Waals surface area contributed by atoms with Gasteiger partial charge < -0.3 is 10.1 Å². The van der Waals surface area contributed by atoms with E-state index in [1.807, 2.05) is 27.7 Å². The number of nitrogens with one attached hydrogen (secondary N) is 1. The molecular weight excluding hydrogens is 242 g/mol. The number of carbonyl (C=O) groups is 2. The first-order chi connectivity index (χ1) is 8.81. The largest absolute Gasteiger partial charge is 0.444 e. The third-order valence-corrected chi connectivity index (χ3v) is 3.03. The van der Waals surface area contributed by atoms with Crippen LogP contribution in [0.3, 0.4) is 0 Å². The number of ketones is 1. The summed E-state index contributed by atoms with van der Waals surface area (Å²) in [7, 11) is 0. The molecule has 1 amide bonds. The van der Waals surface area contributed by atoms with Crippen molar-refractivity contribution >= 4 is 11.9 Å². The van der Waals surface area contributed by atoms with Gasteiger partial charge in [0.25, 0.3) is 0 Å². The lowest BCUT2D eigenvalue weighted by Gasteiger charge is -2.23. The minimum Gasteiger partial charge on any atom is -0.444 e. The van der Waals surface area contributed by atoms with Crippen LogP contribution in [0.15, 0.2) is 11.6 Å². The number of hydrogen-bond acceptors (Lipinski definition) is 3. The molecule has 0 unspecified atom stereocenters. The van der Waals surface area contributed by atoms with Gasteiger partial charge in [-0.15, -0.1) is 0 Å². The van der Waals surface area contributed by atoms with Crippen LogP contribution in [0.5, 0.6) is 0 Å². The van der Waals surface area contributed by atoms with Crippen molar-refractivity contribution in [2.24, 2.45) is 0 Å². The minimum atomic E-state index is -0.545. The molecule has 108 valence electrons. The van der Waals surface area contributed by atoms with Gasteiger partial charge in [0, 0.05) is 6.42 Å². The summed E-state index contributed by atoms with van der Waals surface area (Å²) in [6.45, 7) is 7.24. The van der Waals surface area contributed by atoms with E-state index in [9.17, 15) is 9.59 Å². The van der Waals surface area contributed by atoms with Crippen LogP contribution in [0.25, 0.3) is 0 Å². The van der Waals surface area contributed by atoms with Gasteiger partial charge in [0.1, 0.15) is 5.60 Å². The molecule has 1 aliphatic rings. The third kappa shape index (κ3) is 5.90. The number of amides is 1. The Morgan fingerprint density at radius 3 is 2.58 bits per heavy atom. The molecule has 0 aromatic carbocycles. The quantitative estimate of drug-likeness (QED) is 0.777. The van der Waals surface area contributed by atoms with Gasteiger partial charge in [-0.3, -0.25) is 4.79 Å². The Kier molecular flexibility index (Phi) is 5.58. The van der Waals surface area contributed by atoms with Crippen molar-refractivity contribution in [2.75, 3.05) is 0 Å². The molecule has 0 saturated heterocycles. The maximum Gasteiger partial charge on any atom is 0.408 e. The maximum absolute atomic E-state index is 11.9. The van der Waals surface area contributed by atoms with E-state index in [1.165, 1.54) is 5.57 Å². The zero-order valence-corrected chi connectivity index (χ0v) is 12.4. The second-order valence-corrected chi connectivity index (χ2v) is 5.98. The average Bonchev–Trinajstić information content (AvgIpc) is 2.77. The fourth-order valence-electron chi connectivity index (χ4n) is 2.13. The van der Waals surface area contributed by atoms with Gasteiger partial charge in [-0.05, 0) is 46.5 Å². The van der Waals surface area contributed by atoms with E-state index >= 15 is 0 Å². The predicted octanol–water partition coefficient (Wildman–Crippen LogP) is 3.36. The maximum atomic E-state index is 11.9. The van der Waals surface area contributed by atoms with Gasteiger partial charge in [0.15, 0.2) is 5.78 Å². The molecule has 4 heteroatoms. The molecule has 0 aliphatic heterocycles. The SMILES string of the molecule is CCC(=O)[C@H](CC1=CCCC1)NC(=O)OC(C)(C)C. The molecule has 0 radical (unpaired) electrons. The summed E-state index contributed by atoms with van der Waals surface area (Å²) in [6, 6.07) is -0.454. The molecule has 0 aromatic rings. The minimum absolute atomic E-state index is 0.0543. The molecule has 0 saturated carbocycles. The molecular formula is C15H25NO3. The standard InChI is InChI=1S/C15H25NO3/c1-5-13(17)12(10-11-8-6-7-9-11)16-14(18)19-15(2,3)4/h8,12H,5-7,9-10H2,1-4H3,(H,16,18)/t12-/m0/s1. The van der Waals surface area contributed by atoms with Gasteiger partial charge in [0.2, 0.25) is 0 Å². The zero-order chi connectivity index (χ0) is 14.5. The van der Waals surface area contributed by atoms with Crippen molar-refractivity contribution in [1.29, 1.82) is 0 Å². The van der Waals surface area contributed by atoms with E-state index in [0.29, 0.717) is 12.8 Å². The Hall–Kier alpha value is -1.32. The molecule has 1 rings (SSSR count). The first-order valence-electron chi connectivity index (χ1n) is 7.02. The van der Waals surface area contributed by atoms with Crippen LogP contribution >= 0.6 is 0 Å². The molecule has 0 aromatic heterocycles. The molecule has 4 nitrogen and oxygen atoms in total. The molecule has 0 heterocycles. The van der Waals surface area contributed by atoms with Gasteiger partial charge in [-0.1, -0.05) is 18.6 Å². The Morgan fingerprint density at radius 1 is 1.42 bits per heavy atom. The van der Waals surface area contributed by atoms with Crippen molar-refractivity contribution in [1.82, 2.24) is 5.32 Å². The number of hydrogen-bond donors (Lipinski definition) is 1. The molecule has 0 fully saturated rings. The van der Waals surface area contributed by atoms with Crippen LogP contribution in [0.1, 0.15) is 59.8 Å². The Bertz CT molecular complexity index is 366. The fourth-order valence-corrected chi connectivity index (χ4v) is 2.13. The highest BCUT2D eigenvalue weighted by atomic mass is 16.6. The Morgan fingerprint density at radius 2 is 2.11 bits per heavy atom. The van der Waals surface area contributed by atoms with Gasteiger partial charge in [-0.2, -0.15) is 0 Å². The fraction of sp³-hybridized carbons (Fsp3) is 0.733. The number of carbonyl (C=O) groups excluding carboxylic acids is 2. The molecule has 1 atom stereocenters. The van der Waals surface area contributed by atoms with E-state index in [-0.39, 0.29) is 5.78 Å². The normalized spacial score (nSPS) is 16.7. The van der Waals surface area contributed by atoms with Crippen LogP contribution in [0, 0.1) is 0 Å². The van der Waals surface area contributed by atoms with Gasteiger partial charge in [0.05, 0.1) is 6.04 Å². The molecule has 1 N–H and O–H groups in total. The zero-order valence-electron chi connectivity index (χ0n) is 12.4. The number of Topliss-reactive ketones (excluding diaryl/α,β-unsaturated/α-hetero) is 1. The lowest BCUT2D eigenvalue weighted by molar-refractivity contribution is -0.120. The molecule has 1 aliphatic carbocycles. The van der Waals surface area contributed by atoms with Gasteiger partial charge >= 0.3 is 6.09 Å². The van der Waals surface area contributed by atoms with Crippen LogP contribution in [0.4, 0.5) is 4.79 Å². The molecule has 19 heavy (non-hydrogen) atoms. The van der Waals surface area contributed by atoms with E-state index < -0.39 is 17.7 Å². The number of ether oxygens (including phenoxy) is 1. The monoisotopic (exact) mass is 267 g/mol. The van der Waals surface area contributed by atoms with Crippen molar-refractivity contribution in [3.05, 3.63) is 11.6 Å². The smallest absolute Gasteiger partial charge is 0.408 e.